The number of rotatable bonds is 3. The predicted octanol–water partition coefficient (Wildman–Crippen LogP) is 3.18. The van der Waals surface area contributed by atoms with Crippen LogP contribution in [0.15, 0.2) is 18.2 Å². The molecule has 0 bridgehead atoms. The quantitative estimate of drug-likeness (QED) is 0.864. The molecule has 1 aliphatic rings. The van der Waals surface area contributed by atoms with Crippen molar-refractivity contribution in [2.45, 2.75) is 45.7 Å². The molecular formula is C18H24FNO. The van der Waals surface area contributed by atoms with Gasteiger partial charge < -0.3 is 5.11 Å². The van der Waals surface area contributed by atoms with Gasteiger partial charge in [0.1, 0.15) is 5.82 Å². The zero-order chi connectivity index (χ0) is 15.2. The Morgan fingerprint density at radius 2 is 2.19 bits per heavy atom. The van der Waals surface area contributed by atoms with Crippen LogP contribution in [0.4, 0.5) is 4.39 Å². The Labute approximate surface area is 127 Å². The van der Waals surface area contributed by atoms with Gasteiger partial charge in [0.25, 0.3) is 0 Å². The molecule has 1 fully saturated rings. The average Bonchev–Trinajstić information content (AvgIpc) is 2.47. The second-order valence-corrected chi connectivity index (χ2v) is 5.91. The largest absolute Gasteiger partial charge is 0.395 e. The summed E-state index contributed by atoms with van der Waals surface area (Å²) in [6.07, 6.45) is 2.88. The Morgan fingerprint density at radius 1 is 1.38 bits per heavy atom. The van der Waals surface area contributed by atoms with Gasteiger partial charge in [0.05, 0.1) is 6.61 Å². The van der Waals surface area contributed by atoms with Crippen LogP contribution in [-0.4, -0.2) is 29.2 Å². The Hall–Kier alpha value is -1.37. The summed E-state index contributed by atoms with van der Waals surface area (Å²) < 4.78 is 14.2. The van der Waals surface area contributed by atoms with E-state index in [0.717, 1.165) is 12.1 Å². The van der Waals surface area contributed by atoms with E-state index in [2.05, 4.69) is 30.6 Å². The zero-order valence-corrected chi connectivity index (χ0v) is 12.9. The highest BCUT2D eigenvalue weighted by atomic mass is 19.1. The van der Waals surface area contributed by atoms with Gasteiger partial charge in [-0.2, -0.15) is 0 Å². The summed E-state index contributed by atoms with van der Waals surface area (Å²) in [4.78, 5) is 2.36. The lowest BCUT2D eigenvalue weighted by Crippen LogP contribution is -2.41. The van der Waals surface area contributed by atoms with Crippen LogP contribution in [0.3, 0.4) is 0 Å². The summed E-state index contributed by atoms with van der Waals surface area (Å²) >= 11 is 0. The Morgan fingerprint density at radius 3 is 2.90 bits per heavy atom. The number of hydrogen-bond acceptors (Lipinski definition) is 2. The van der Waals surface area contributed by atoms with E-state index >= 15 is 0 Å². The van der Waals surface area contributed by atoms with Crippen molar-refractivity contribution in [1.82, 2.24) is 4.90 Å². The molecule has 2 nitrogen and oxygen atoms in total. The van der Waals surface area contributed by atoms with Gasteiger partial charge in [-0.05, 0) is 44.4 Å². The molecule has 21 heavy (non-hydrogen) atoms. The second-order valence-electron chi connectivity index (χ2n) is 5.91. The molecule has 1 heterocycles. The van der Waals surface area contributed by atoms with Crippen LogP contribution in [0.5, 0.6) is 0 Å². The minimum absolute atomic E-state index is 0.0403. The van der Waals surface area contributed by atoms with E-state index in [1.807, 2.05) is 12.1 Å². The van der Waals surface area contributed by atoms with Gasteiger partial charge in [0, 0.05) is 30.1 Å². The molecule has 1 saturated heterocycles. The monoisotopic (exact) mass is 289 g/mol. The number of halogens is 1. The van der Waals surface area contributed by atoms with Crippen LogP contribution < -0.4 is 0 Å². The maximum atomic E-state index is 14.2. The standard InChI is InChI=1S/C18H24FNO/c1-14-6-5-10-20(15(14)2)13-17-9-8-16(12-18(17)19)7-3-4-11-21/h8-9,12,14-15,21H,4-6,10-11,13H2,1-2H3. The SMILES string of the molecule is CC1CCCN(Cc2ccc(C#CCCO)cc2F)C1C. The zero-order valence-electron chi connectivity index (χ0n) is 12.9. The number of nitrogens with zero attached hydrogens (tertiary/aromatic N) is 1. The average molecular weight is 289 g/mol. The molecule has 1 aliphatic heterocycles. The highest BCUT2D eigenvalue weighted by Crippen LogP contribution is 2.25. The molecule has 0 aliphatic carbocycles. The van der Waals surface area contributed by atoms with Crippen LogP contribution in [0.1, 0.15) is 44.2 Å². The lowest BCUT2D eigenvalue weighted by atomic mass is 9.91. The van der Waals surface area contributed by atoms with Crippen molar-refractivity contribution in [2.24, 2.45) is 5.92 Å². The fourth-order valence-corrected chi connectivity index (χ4v) is 2.84. The van der Waals surface area contributed by atoms with Gasteiger partial charge in [-0.15, -0.1) is 0 Å². The second kappa shape index (κ2) is 7.59. The number of piperidine rings is 1. The Bertz CT molecular complexity index is 532. The molecule has 2 atom stereocenters. The fraction of sp³-hybridized carbons (Fsp3) is 0.556. The van der Waals surface area contributed by atoms with Gasteiger partial charge in [0.15, 0.2) is 0 Å². The number of hydrogen-bond donors (Lipinski definition) is 1. The van der Waals surface area contributed by atoms with Crippen LogP contribution >= 0.6 is 0 Å². The normalized spacial score (nSPS) is 22.7. The summed E-state index contributed by atoms with van der Waals surface area (Å²) in [6.45, 7) is 6.26. The third-order valence-electron chi connectivity index (χ3n) is 4.40. The lowest BCUT2D eigenvalue weighted by molar-refractivity contribution is 0.105. The number of likely N-dealkylation sites (tertiary alicyclic amines) is 1. The first kappa shape index (κ1) is 16.0. The molecule has 0 amide bonds. The van der Waals surface area contributed by atoms with Crippen LogP contribution in [0, 0.1) is 23.6 Å². The molecule has 0 spiro atoms. The highest BCUT2D eigenvalue weighted by Gasteiger charge is 2.25. The summed E-state index contributed by atoms with van der Waals surface area (Å²) in [5.74, 6) is 6.17. The van der Waals surface area contributed by atoms with Gasteiger partial charge in [-0.1, -0.05) is 24.8 Å². The summed E-state index contributed by atoms with van der Waals surface area (Å²) in [7, 11) is 0. The van der Waals surface area contributed by atoms with Crippen molar-refractivity contribution in [2.75, 3.05) is 13.2 Å². The van der Waals surface area contributed by atoms with Crippen LogP contribution in [0.25, 0.3) is 0 Å². The van der Waals surface area contributed by atoms with Crippen LogP contribution in [-0.2, 0) is 6.54 Å². The lowest BCUT2D eigenvalue weighted by Gasteiger charge is -2.38. The van der Waals surface area contributed by atoms with Crippen molar-refractivity contribution in [3.8, 4) is 11.8 Å². The summed E-state index contributed by atoms with van der Waals surface area (Å²) in [6, 6.07) is 5.70. The molecule has 2 rings (SSSR count). The minimum Gasteiger partial charge on any atom is -0.395 e. The predicted molar refractivity (Wildman–Crippen MR) is 83.3 cm³/mol. The first-order valence-corrected chi connectivity index (χ1v) is 7.74. The number of aliphatic hydroxyl groups excluding tert-OH is 1. The van der Waals surface area contributed by atoms with E-state index < -0.39 is 0 Å². The van der Waals surface area contributed by atoms with E-state index in [4.69, 9.17) is 5.11 Å². The highest BCUT2D eigenvalue weighted by molar-refractivity contribution is 5.37. The molecule has 0 radical (unpaired) electrons. The summed E-state index contributed by atoms with van der Waals surface area (Å²) in [5.41, 5.74) is 1.41. The fourth-order valence-electron chi connectivity index (χ4n) is 2.84. The first-order chi connectivity index (χ1) is 10.1. The van der Waals surface area contributed by atoms with E-state index in [1.165, 1.54) is 18.9 Å². The van der Waals surface area contributed by atoms with Crippen molar-refractivity contribution in [3.05, 3.63) is 35.1 Å². The van der Waals surface area contributed by atoms with Crippen molar-refractivity contribution >= 4 is 0 Å². The van der Waals surface area contributed by atoms with Gasteiger partial charge in [0.2, 0.25) is 0 Å². The van der Waals surface area contributed by atoms with Gasteiger partial charge in [-0.25, -0.2) is 4.39 Å². The van der Waals surface area contributed by atoms with Crippen molar-refractivity contribution in [3.63, 3.8) is 0 Å². The topological polar surface area (TPSA) is 23.5 Å². The van der Waals surface area contributed by atoms with E-state index in [9.17, 15) is 4.39 Å². The van der Waals surface area contributed by atoms with Gasteiger partial charge >= 0.3 is 0 Å². The number of benzene rings is 1. The molecule has 1 aromatic carbocycles. The smallest absolute Gasteiger partial charge is 0.128 e. The van der Waals surface area contributed by atoms with E-state index in [-0.39, 0.29) is 12.4 Å². The molecule has 3 heteroatoms. The van der Waals surface area contributed by atoms with E-state index in [0.29, 0.717) is 30.5 Å². The molecule has 0 aromatic heterocycles. The molecular weight excluding hydrogens is 265 g/mol. The van der Waals surface area contributed by atoms with Crippen LogP contribution in [0.2, 0.25) is 0 Å². The Balaban J connectivity index is 2.06. The van der Waals surface area contributed by atoms with Crippen molar-refractivity contribution < 1.29 is 9.50 Å². The minimum atomic E-state index is -0.184. The van der Waals surface area contributed by atoms with Gasteiger partial charge in [-0.3, -0.25) is 4.90 Å². The van der Waals surface area contributed by atoms with E-state index in [1.54, 1.807) is 0 Å². The molecule has 2 unspecified atom stereocenters. The first-order valence-electron chi connectivity index (χ1n) is 7.74. The molecule has 114 valence electrons. The molecule has 1 aromatic rings. The maximum absolute atomic E-state index is 14.2. The summed E-state index contributed by atoms with van der Waals surface area (Å²) in [5, 5.41) is 8.69. The molecule has 0 saturated carbocycles. The van der Waals surface area contributed by atoms with Crippen molar-refractivity contribution in [1.29, 1.82) is 0 Å². The third kappa shape index (κ3) is 4.30. The molecule has 1 N–H and O–H groups in total. The Kier molecular flexibility index (Phi) is 5.78. The maximum Gasteiger partial charge on any atom is 0.128 e. The number of aliphatic hydroxyl groups is 1. The third-order valence-corrected chi connectivity index (χ3v) is 4.40.